The lowest BCUT2D eigenvalue weighted by Gasteiger charge is -2.47. The average molecular weight is 634 g/mol. The molecule has 1 amide bonds. The lowest BCUT2D eigenvalue weighted by molar-refractivity contribution is -0.118. The molecule has 0 unspecified atom stereocenters. The molecule has 3 aliphatic rings. The standard InChI is InChI=1S/C34H49N6O4Si/c1-33(2,3)45(4,5)44-29(25-9-11-28(41)31-32(25)43-23-30(42)36-31)22-35-21-24-8-10-27-26(20-24)37-38-40(27)17-7-16-39-18-14-34(15-19-39)12-6-13-34/h6,8-11,20,29,35,41H,7,12-19,21-23H2,1-5H3,(H,36,42)/t29-/m0/s1. The summed E-state index contributed by atoms with van der Waals surface area (Å²) in [5.74, 6) is 0.165. The SMILES string of the molecule is CC(C)(C)[Si](C)(C)O[C@@H](CNCc1ccc2c(c1)nnn2CCCN1CCC2(C[CH]C2)CC1)c1ccc(O)c2c1OCC(=O)N2. The van der Waals surface area contributed by atoms with Crippen LogP contribution in [0.2, 0.25) is 18.1 Å². The Balaban J connectivity index is 1.09. The second-order valence-corrected chi connectivity index (χ2v) is 19.5. The number of amides is 1. The van der Waals surface area contributed by atoms with Gasteiger partial charge < -0.3 is 29.8 Å². The molecule has 6 rings (SSSR count). The van der Waals surface area contributed by atoms with Crippen LogP contribution in [0.25, 0.3) is 11.0 Å². The number of phenols is 1. The van der Waals surface area contributed by atoms with Crippen molar-refractivity contribution >= 4 is 30.9 Å². The van der Waals surface area contributed by atoms with Gasteiger partial charge in [0.2, 0.25) is 0 Å². The van der Waals surface area contributed by atoms with Gasteiger partial charge in [-0.15, -0.1) is 5.10 Å². The highest BCUT2D eigenvalue weighted by molar-refractivity contribution is 6.74. The van der Waals surface area contributed by atoms with Crippen LogP contribution in [0.1, 0.15) is 70.1 Å². The summed E-state index contributed by atoms with van der Waals surface area (Å²) in [6, 6.07) is 9.80. The highest BCUT2D eigenvalue weighted by atomic mass is 28.4. The molecule has 1 spiro atoms. The van der Waals surface area contributed by atoms with Gasteiger partial charge in [0.05, 0.1) is 11.6 Å². The number of aromatic hydroxyl groups is 1. The van der Waals surface area contributed by atoms with Crippen LogP contribution < -0.4 is 15.4 Å². The van der Waals surface area contributed by atoms with Gasteiger partial charge in [-0.2, -0.15) is 0 Å². The number of piperidine rings is 1. The van der Waals surface area contributed by atoms with E-state index in [0.717, 1.165) is 41.7 Å². The van der Waals surface area contributed by atoms with Gasteiger partial charge in [0.15, 0.2) is 20.7 Å². The number of fused-ring (bicyclic) bond motifs is 2. The fraction of sp³-hybridized carbons (Fsp3) is 0.588. The predicted octanol–water partition coefficient (Wildman–Crippen LogP) is 5.79. The van der Waals surface area contributed by atoms with E-state index in [0.29, 0.717) is 29.9 Å². The molecule has 1 saturated carbocycles. The first-order valence-electron chi connectivity index (χ1n) is 16.5. The van der Waals surface area contributed by atoms with Gasteiger partial charge in [0, 0.05) is 25.2 Å². The molecule has 3 heterocycles. The Morgan fingerprint density at radius 3 is 2.64 bits per heavy atom. The van der Waals surface area contributed by atoms with Gasteiger partial charge in [-0.25, -0.2) is 4.68 Å². The Morgan fingerprint density at radius 1 is 1.16 bits per heavy atom. The van der Waals surface area contributed by atoms with Crippen molar-refractivity contribution in [3.05, 3.63) is 47.9 Å². The maximum absolute atomic E-state index is 12.0. The molecule has 0 bridgehead atoms. The van der Waals surface area contributed by atoms with Gasteiger partial charge in [0.25, 0.3) is 5.91 Å². The van der Waals surface area contributed by atoms with Gasteiger partial charge >= 0.3 is 0 Å². The Labute approximate surface area is 268 Å². The van der Waals surface area contributed by atoms with Gasteiger partial charge in [-0.1, -0.05) is 32.1 Å². The van der Waals surface area contributed by atoms with E-state index < -0.39 is 8.32 Å². The monoisotopic (exact) mass is 633 g/mol. The molecule has 3 aromatic rings. The number of anilines is 1. The molecular formula is C34H49N6O4Si. The van der Waals surface area contributed by atoms with Crippen molar-refractivity contribution in [3.63, 3.8) is 0 Å². The van der Waals surface area contributed by atoms with E-state index in [1.54, 1.807) is 6.07 Å². The summed E-state index contributed by atoms with van der Waals surface area (Å²) in [5.41, 5.74) is 4.84. The van der Waals surface area contributed by atoms with Crippen molar-refractivity contribution < 1.29 is 19.1 Å². The molecule has 1 radical (unpaired) electrons. The zero-order valence-electron chi connectivity index (χ0n) is 27.5. The predicted molar refractivity (Wildman–Crippen MR) is 179 cm³/mol. The van der Waals surface area contributed by atoms with E-state index >= 15 is 0 Å². The minimum Gasteiger partial charge on any atom is -0.506 e. The minimum absolute atomic E-state index is 0.000329. The Morgan fingerprint density at radius 2 is 1.93 bits per heavy atom. The van der Waals surface area contributed by atoms with E-state index in [4.69, 9.17) is 9.16 Å². The number of carbonyl (C=O) groups is 1. The molecule has 1 aromatic heterocycles. The smallest absolute Gasteiger partial charge is 0.262 e. The van der Waals surface area contributed by atoms with E-state index in [-0.39, 0.29) is 29.4 Å². The number of hydrogen-bond donors (Lipinski definition) is 3. The molecule has 1 aliphatic carbocycles. The summed E-state index contributed by atoms with van der Waals surface area (Å²) in [7, 11) is -2.18. The third-order valence-corrected chi connectivity index (χ3v) is 15.0. The number of benzene rings is 2. The summed E-state index contributed by atoms with van der Waals surface area (Å²) >= 11 is 0. The van der Waals surface area contributed by atoms with E-state index in [1.807, 2.05) is 10.7 Å². The quantitative estimate of drug-likeness (QED) is 0.180. The zero-order valence-corrected chi connectivity index (χ0v) is 28.5. The lowest BCUT2D eigenvalue weighted by Crippen LogP contribution is -2.44. The third-order valence-electron chi connectivity index (χ3n) is 10.5. The number of nitrogens with one attached hydrogen (secondary N) is 2. The first-order chi connectivity index (χ1) is 21.4. The molecule has 10 nitrogen and oxygen atoms in total. The maximum atomic E-state index is 12.0. The third kappa shape index (κ3) is 6.91. The number of likely N-dealkylation sites (tertiary alicyclic amines) is 1. The van der Waals surface area contributed by atoms with Crippen molar-refractivity contribution in [2.45, 2.75) is 90.2 Å². The summed E-state index contributed by atoms with van der Waals surface area (Å²) in [4.78, 5) is 14.6. The van der Waals surface area contributed by atoms with E-state index in [1.165, 1.54) is 38.8 Å². The van der Waals surface area contributed by atoms with Crippen molar-refractivity contribution in [1.29, 1.82) is 0 Å². The van der Waals surface area contributed by atoms with Crippen LogP contribution in [0.5, 0.6) is 11.5 Å². The Bertz CT molecular complexity index is 1520. The summed E-state index contributed by atoms with van der Waals surface area (Å²) in [6.07, 6.45) is 8.52. The number of ether oxygens (including phenoxy) is 1. The zero-order chi connectivity index (χ0) is 31.8. The molecule has 45 heavy (non-hydrogen) atoms. The second-order valence-electron chi connectivity index (χ2n) is 14.7. The maximum Gasteiger partial charge on any atom is 0.262 e. The van der Waals surface area contributed by atoms with Gasteiger partial charge in [-0.05, 0) is 112 Å². The molecule has 2 aliphatic heterocycles. The average Bonchev–Trinajstić information content (AvgIpc) is 3.38. The normalized spacial score (nSPS) is 19.2. The Kier molecular flexibility index (Phi) is 8.99. The summed E-state index contributed by atoms with van der Waals surface area (Å²) in [5, 5.41) is 25.7. The molecule has 3 N–H and O–H groups in total. The fourth-order valence-electron chi connectivity index (χ4n) is 6.48. The number of aromatic nitrogens is 3. The number of phenolic OH excluding ortho intramolecular Hbond substituents is 1. The molecule has 2 fully saturated rings. The molecular weight excluding hydrogens is 584 g/mol. The largest absolute Gasteiger partial charge is 0.506 e. The second kappa shape index (κ2) is 12.7. The lowest BCUT2D eigenvalue weighted by atomic mass is 9.63. The number of aryl methyl sites for hydroxylation is 1. The van der Waals surface area contributed by atoms with Gasteiger partial charge in [0.1, 0.15) is 17.0 Å². The first-order valence-corrected chi connectivity index (χ1v) is 19.4. The van der Waals surface area contributed by atoms with Crippen LogP contribution in [-0.2, 0) is 22.3 Å². The van der Waals surface area contributed by atoms with Gasteiger partial charge in [-0.3, -0.25) is 4.79 Å². The summed E-state index contributed by atoms with van der Waals surface area (Å²) in [6.45, 7) is 16.6. The van der Waals surface area contributed by atoms with E-state index in [9.17, 15) is 9.90 Å². The molecule has 1 saturated heterocycles. The molecule has 1 atom stereocenters. The van der Waals surface area contributed by atoms with Crippen LogP contribution in [0.4, 0.5) is 5.69 Å². The number of rotatable bonds is 11. The minimum atomic E-state index is -2.18. The topological polar surface area (TPSA) is 114 Å². The molecule has 2 aromatic carbocycles. The Hall–Kier alpha value is -2.99. The highest BCUT2D eigenvalue weighted by Gasteiger charge is 2.41. The fourth-order valence-corrected chi connectivity index (χ4v) is 7.75. The molecule has 11 heteroatoms. The van der Waals surface area contributed by atoms with E-state index in [2.05, 4.69) is 84.3 Å². The number of nitrogens with zero attached hydrogens (tertiary/aromatic N) is 4. The van der Waals surface area contributed by atoms with Crippen molar-refractivity contribution in [2.75, 3.05) is 38.1 Å². The van der Waals surface area contributed by atoms with Crippen molar-refractivity contribution in [1.82, 2.24) is 25.2 Å². The van der Waals surface area contributed by atoms with Crippen LogP contribution >= 0.6 is 0 Å². The number of carbonyl (C=O) groups excluding carboxylic acids is 1. The van der Waals surface area contributed by atoms with Crippen LogP contribution in [0.3, 0.4) is 0 Å². The van der Waals surface area contributed by atoms with Crippen LogP contribution in [-0.4, -0.2) is 72.0 Å². The molecule has 243 valence electrons. The summed E-state index contributed by atoms with van der Waals surface area (Å²) < 4.78 is 14.8. The van der Waals surface area contributed by atoms with Crippen molar-refractivity contribution in [2.24, 2.45) is 5.41 Å². The highest BCUT2D eigenvalue weighted by Crippen LogP contribution is 2.48. The van der Waals surface area contributed by atoms with Crippen molar-refractivity contribution in [3.8, 4) is 11.5 Å². The first kappa shape index (κ1) is 32.0. The van der Waals surface area contributed by atoms with Crippen LogP contribution in [0.15, 0.2) is 30.3 Å². The van der Waals surface area contributed by atoms with Crippen LogP contribution in [0, 0.1) is 11.8 Å². The number of hydrogen-bond acceptors (Lipinski definition) is 8.